The minimum Gasteiger partial charge on any atom is -0.335 e. The van der Waals surface area contributed by atoms with Crippen LogP contribution < -0.4 is 0 Å². The molecule has 1 aromatic carbocycles. The van der Waals surface area contributed by atoms with Gasteiger partial charge in [0, 0.05) is 24.7 Å². The van der Waals surface area contributed by atoms with Crippen LogP contribution in [0.1, 0.15) is 25.1 Å². The molecule has 0 N–H and O–H groups in total. The van der Waals surface area contributed by atoms with Gasteiger partial charge in [-0.15, -0.1) is 5.10 Å². The molecule has 1 amide bonds. The van der Waals surface area contributed by atoms with Gasteiger partial charge in [-0.2, -0.15) is 0 Å². The molecule has 0 unspecified atom stereocenters. The molecule has 132 valence electrons. The van der Waals surface area contributed by atoms with Gasteiger partial charge in [-0.05, 0) is 37.1 Å². The van der Waals surface area contributed by atoms with Crippen LogP contribution in [-0.4, -0.2) is 37.1 Å². The molecule has 2 aromatic heterocycles. The van der Waals surface area contributed by atoms with E-state index in [1.807, 2.05) is 12.1 Å². The number of pyridine rings is 1. The maximum Gasteiger partial charge on any atom is 0.222 e. The highest BCUT2D eigenvalue weighted by atomic mass is 19.1. The lowest BCUT2D eigenvalue weighted by Crippen LogP contribution is -2.35. The minimum atomic E-state index is -0.340. The monoisotopic (exact) mass is 351 g/mol. The number of piperidine rings is 1. The molecule has 4 rings (SSSR count). The molecule has 7 heteroatoms. The summed E-state index contributed by atoms with van der Waals surface area (Å²) in [6.07, 6.45) is 5.85. The van der Waals surface area contributed by atoms with Crippen molar-refractivity contribution in [2.75, 3.05) is 6.54 Å². The molecule has 0 saturated carbocycles. The number of aromatic nitrogens is 4. The Hall–Kier alpha value is -3.09. The number of halogens is 1. The van der Waals surface area contributed by atoms with Crippen LogP contribution >= 0.6 is 0 Å². The fourth-order valence-corrected chi connectivity index (χ4v) is 3.08. The summed E-state index contributed by atoms with van der Waals surface area (Å²) < 4.78 is 15.3. The SMILES string of the molecule is O=C1CCCCN1Cc1nc(-c2cccc(F)c2)nn1-c1cccnc1. The number of amides is 1. The lowest BCUT2D eigenvalue weighted by molar-refractivity contribution is -0.134. The first-order valence-corrected chi connectivity index (χ1v) is 8.61. The van der Waals surface area contributed by atoms with Crippen molar-refractivity contribution in [2.24, 2.45) is 0 Å². The van der Waals surface area contributed by atoms with Crippen LogP contribution in [0.5, 0.6) is 0 Å². The molecular formula is C19H18FN5O. The van der Waals surface area contributed by atoms with Crippen LogP contribution in [0.4, 0.5) is 4.39 Å². The van der Waals surface area contributed by atoms with E-state index >= 15 is 0 Å². The summed E-state index contributed by atoms with van der Waals surface area (Å²) >= 11 is 0. The molecule has 26 heavy (non-hydrogen) atoms. The van der Waals surface area contributed by atoms with E-state index in [0.717, 1.165) is 18.5 Å². The topological polar surface area (TPSA) is 63.9 Å². The van der Waals surface area contributed by atoms with Crippen molar-refractivity contribution in [2.45, 2.75) is 25.8 Å². The fourth-order valence-electron chi connectivity index (χ4n) is 3.08. The van der Waals surface area contributed by atoms with E-state index < -0.39 is 0 Å². The molecule has 0 spiro atoms. The Morgan fingerprint density at radius 3 is 2.85 bits per heavy atom. The standard InChI is InChI=1S/C19H18FN5O/c20-15-6-3-5-14(11-15)19-22-17(13-24-10-2-1-8-18(24)26)25(23-19)16-7-4-9-21-12-16/h3-7,9,11-12H,1-2,8,10,13H2. The van der Waals surface area contributed by atoms with Crippen LogP contribution in [0.25, 0.3) is 17.1 Å². The van der Waals surface area contributed by atoms with E-state index in [9.17, 15) is 9.18 Å². The van der Waals surface area contributed by atoms with E-state index in [1.54, 1.807) is 34.1 Å². The van der Waals surface area contributed by atoms with E-state index in [-0.39, 0.29) is 11.7 Å². The predicted molar refractivity (Wildman–Crippen MR) is 93.8 cm³/mol. The highest BCUT2D eigenvalue weighted by molar-refractivity contribution is 5.76. The van der Waals surface area contributed by atoms with Gasteiger partial charge in [0.15, 0.2) is 11.6 Å². The Morgan fingerprint density at radius 1 is 1.15 bits per heavy atom. The third-order valence-electron chi connectivity index (χ3n) is 4.40. The van der Waals surface area contributed by atoms with Gasteiger partial charge in [0.25, 0.3) is 0 Å². The Labute approximate surface area is 150 Å². The van der Waals surface area contributed by atoms with Crippen molar-refractivity contribution in [3.05, 3.63) is 60.4 Å². The quantitative estimate of drug-likeness (QED) is 0.725. The van der Waals surface area contributed by atoms with E-state index in [2.05, 4.69) is 15.1 Å². The zero-order valence-electron chi connectivity index (χ0n) is 14.2. The second kappa shape index (κ2) is 7.03. The largest absolute Gasteiger partial charge is 0.335 e. The summed E-state index contributed by atoms with van der Waals surface area (Å²) in [6.45, 7) is 1.09. The van der Waals surface area contributed by atoms with Crippen LogP contribution in [0.3, 0.4) is 0 Å². The maximum absolute atomic E-state index is 13.6. The van der Waals surface area contributed by atoms with E-state index in [4.69, 9.17) is 0 Å². The number of hydrogen-bond donors (Lipinski definition) is 0. The summed E-state index contributed by atoms with van der Waals surface area (Å²) in [5.41, 5.74) is 1.35. The number of carbonyl (C=O) groups is 1. The number of rotatable bonds is 4. The molecule has 3 aromatic rings. The molecule has 6 nitrogen and oxygen atoms in total. The van der Waals surface area contributed by atoms with Crippen LogP contribution in [0.2, 0.25) is 0 Å². The van der Waals surface area contributed by atoms with Gasteiger partial charge in [0.05, 0.1) is 18.4 Å². The molecule has 3 heterocycles. The number of likely N-dealkylation sites (tertiary alicyclic amines) is 1. The normalized spacial score (nSPS) is 14.7. The van der Waals surface area contributed by atoms with Crippen molar-refractivity contribution >= 4 is 5.91 Å². The van der Waals surface area contributed by atoms with Gasteiger partial charge < -0.3 is 4.90 Å². The van der Waals surface area contributed by atoms with Crippen molar-refractivity contribution in [3.63, 3.8) is 0 Å². The third-order valence-corrected chi connectivity index (χ3v) is 4.40. The number of carbonyl (C=O) groups excluding carboxylic acids is 1. The highest BCUT2D eigenvalue weighted by Crippen LogP contribution is 2.21. The molecule has 1 fully saturated rings. The minimum absolute atomic E-state index is 0.129. The molecule has 0 atom stereocenters. The van der Waals surface area contributed by atoms with Gasteiger partial charge in [0.2, 0.25) is 5.91 Å². The Balaban J connectivity index is 1.74. The summed E-state index contributed by atoms with van der Waals surface area (Å²) in [7, 11) is 0. The first-order valence-electron chi connectivity index (χ1n) is 8.61. The van der Waals surface area contributed by atoms with E-state index in [0.29, 0.717) is 36.7 Å². The number of benzene rings is 1. The highest BCUT2D eigenvalue weighted by Gasteiger charge is 2.22. The van der Waals surface area contributed by atoms with Crippen molar-refractivity contribution < 1.29 is 9.18 Å². The smallest absolute Gasteiger partial charge is 0.222 e. The maximum atomic E-state index is 13.6. The lowest BCUT2D eigenvalue weighted by Gasteiger charge is -2.26. The molecule has 1 aliphatic rings. The third kappa shape index (κ3) is 3.33. The molecule has 0 aliphatic carbocycles. The van der Waals surface area contributed by atoms with Crippen LogP contribution in [-0.2, 0) is 11.3 Å². The molecule has 0 radical (unpaired) electrons. The van der Waals surface area contributed by atoms with Gasteiger partial charge >= 0.3 is 0 Å². The molecule has 1 saturated heterocycles. The Bertz CT molecular complexity index is 925. The lowest BCUT2D eigenvalue weighted by atomic mass is 10.1. The van der Waals surface area contributed by atoms with Crippen molar-refractivity contribution in [1.29, 1.82) is 0 Å². The average Bonchev–Trinajstić information content (AvgIpc) is 3.08. The van der Waals surface area contributed by atoms with Gasteiger partial charge in [-0.1, -0.05) is 12.1 Å². The predicted octanol–water partition coefficient (Wildman–Crippen LogP) is 2.98. The first-order chi connectivity index (χ1) is 12.7. The molecule has 0 bridgehead atoms. The van der Waals surface area contributed by atoms with Crippen molar-refractivity contribution in [3.8, 4) is 17.1 Å². The first kappa shape index (κ1) is 16.4. The van der Waals surface area contributed by atoms with Crippen molar-refractivity contribution in [1.82, 2.24) is 24.6 Å². The number of nitrogens with zero attached hydrogens (tertiary/aromatic N) is 5. The fraction of sp³-hybridized carbons (Fsp3) is 0.263. The zero-order valence-corrected chi connectivity index (χ0v) is 14.2. The second-order valence-corrected chi connectivity index (χ2v) is 6.26. The Morgan fingerprint density at radius 2 is 2.08 bits per heavy atom. The van der Waals surface area contributed by atoms with Crippen LogP contribution in [0.15, 0.2) is 48.8 Å². The van der Waals surface area contributed by atoms with Gasteiger partial charge in [-0.3, -0.25) is 9.78 Å². The summed E-state index contributed by atoms with van der Waals surface area (Å²) in [4.78, 5) is 22.7. The Kier molecular flexibility index (Phi) is 4.43. The zero-order chi connectivity index (χ0) is 17.9. The summed E-state index contributed by atoms with van der Waals surface area (Å²) in [5, 5.41) is 4.54. The van der Waals surface area contributed by atoms with Gasteiger partial charge in [0.1, 0.15) is 5.82 Å². The average molecular weight is 351 g/mol. The number of hydrogen-bond acceptors (Lipinski definition) is 4. The van der Waals surface area contributed by atoms with Gasteiger partial charge in [-0.25, -0.2) is 14.1 Å². The summed E-state index contributed by atoms with van der Waals surface area (Å²) in [5.74, 6) is 0.845. The molecule has 1 aliphatic heterocycles. The van der Waals surface area contributed by atoms with Crippen LogP contribution in [0, 0.1) is 5.82 Å². The second-order valence-electron chi connectivity index (χ2n) is 6.26. The summed E-state index contributed by atoms with van der Waals surface area (Å²) in [6, 6.07) is 9.87. The molecular weight excluding hydrogens is 333 g/mol. The van der Waals surface area contributed by atoms with E-state index in [1.165, 1.54) is 12.1 Å².